The Morgan fingerprint density at radius 3 is 2.55 bits per heavy atom. The molecule has 0 atom stereocenters. The van der Waals surface area contributed by atoms with Crippen LogP contribution in [0.1, 0.15) is 37.3 Å². The van der Waals surface area contributed by atoms with Crippen LogP contribution in [0.3, 0.4) is 0 Å². The zero-order valence-electron chi connectivity index (χ0n) is 19.3. The minimum atomic E-state index is 0.421. The monoisotopic (exact) mass is 441 g/mol. The van der Waals surface area contributed by atoms with Crippen LogP contribution >= 0.6 is 0 Å². The summed E-state index contributed by atoms with van der Waals surface area (Å²) in [5, 5.41) is 0.924. The van der Waals surface area contributed by atoms with Crippen molar-refractivity contribution in [3.05, 3.63) is 72.7 Å². The lowest BCUT2D eigenvalue weighted by atomic mass is 9.90. The van der Waals surface area contributed by atoms with Crippen molar-refractivity contribution in [2.45, 2.75) is 44.4 Å². The van der Waals surface area contributed by atoms with E-state index in [1.54, 1.807) is 6.33 Å². The normalized spacial score (nSPS) is 18.6. The van der Waals surface area contributed by atoms with Gasteiger partial charge in [0.05, 0.1) is 5.39 Å². The zero-order chi connectivity index (χ0) is 22.8. The van der Waals surface area contributed by atoms with Crippen LogP contribution in [0.15, 0.2) is 67.1 Å². The Morgan fingerprint density at radius 1 is 1.00 bits per heavy atom. The number of rotatable bonds is 6. The Morgan fingerprint density at radius 2 is 1.79 bits per heavy atom. The molecule has 1 saturated carbocycles. The second-order valence-corrected chi connectivity index (χ2v) is 9.14. The van der Waals surface area contributed by atoms with Crippen molar-refractivity contribution < 1.29 is 4.74 Å². The highest BCUT2D eigenvalue weighted by molar-refractivity contribution is 6.00. The summed E-state index contributed by atoms with van der Waals surface area (Å²) in [5.74, 6) is 1.35. The Hall–Kier alpha value is -3.38. The van der Waals surface area contributed by atoms with Crippen LogP contribution in [0.2, 0.25) is 0 Å². The molecular weight excluding hydrogens is 410 g/mol. The number of fused-ring (bicyclic) bond motifs is 1. The summed E-state index contributed by atoms with van der Waals surface area (Å²) in [7, 11) is 4.35. The van der Waals surface area contributed by atoms with Crippen LogP contribution in [0.25, 0.3) is 22.2 Å². The summed E-state index contributed by atoms with van der Waals surface area (Å²) in [4.78, 5) is 11.3. The maximum absolute atomic E-state index is 6.37. The van der Waals surface area contributed by atoms with Gasteiger partial charge in [-0.05, 0) is 63.0 Å². The largest absolute Gasteiger partial charge is 0.489 e. The molecule has 0 spiro atoms. The highest BCUT2D eigenvalue weighted by Crippen LogP contribution is 2.39. The summed E-state index contributed by atoms with van der Waals surface area (Å²) in [5.41, 5.74) is 10.6. The predicted molar refractivity (Wildman–Crippen MR) is 133 cm³/mol. The summed E-state index contributed by atoms with van der Waals surface area (Å²) >= 11 is 0. The van der Waals surface area contributed by atoms with Crippen LogP contribution in [0.5, 0.6) is 5.75 Å². The molecular formula is C27H31N5O. The van der Waals surface area contributed by atoms with Crippen molar-refractivity contribution in [2.24, 2.45) is 0 Å². The molecule has 2 aromatic heterocycles. The maximum atomic E-state index is 6.37. The van der Waals surface area contributed by atoms with Gasteiger partial charge in [0.1, 0.15) is 30.1 Å². The molecule has 4 aromatic rings. The van der Waals surface area contributed by atoms with Gasteiger partial charge in [-0.25, -0.2) is 9.97 Å². The van der Waals surface area contributed by atoms with Crippen molar-refractivity contribution in [1.29, 1.82) is 0 Å². The van der Waals surface area contributed by atoms with Gasteiger partial charge in [-0.3, -0.25) is 0 Å². The molecule has 0 radical (unpaired) electrons. The molecule has 2 N–H and O–H groups in total. The van der Waals surface area contributed by atoms with E-state index in [1.165, 1.54) is 12.8 Å². The number of aromatic nitrogens is 3. The number of hydrogen-bond donors (Lipinski definition) is 1. The smallest absolute Gasteiger partial charge is 0.146 e. The lowest BCUT2D eigenvalue weighted by Gasteiger charge is -2.33. The van der Waals surface area contributed by atoms with Crippen LogP contribution in [0.4, 0.5) is 5.82 Å². The molecule has 6 heteroatoms. The number of ether oxygens (including phenoxy) is 1. The van der Waals surface area contributed by atoms with E-state index in [1.807, 2.05) is 30.3 Å². The molecule has 0 bridgehead atoms. The molecule has 5 rings (SSSR count). The van der Waals surface area contributed by atoms with Crippen molar-refractivity contribution >= 4 is 16.9 Å². The molecule has 0 saturated heterocycles. The molecule has 0 amide bonds. The minimum absolute atomic E-state index is 0.421. The highest BCUT2D eigenvalue weighted by atomic mass is 16.5. The molecule has 1 aliphatic carbocycles. The Kier molecular flexibility index (Phi) is 6.01. The van der Waals surface area contributed by atoms with E-state index >= 15 is 0 Å². The molecule has 170 valence electrons. The summed E-state index contributed by atoms with van der Waals surface area (Å²) < 4.78 is 8.41. The summed E-state index contributed by atoms with van der Waals surface area (Å²) in [6.45, 7) is 0.534. The van der Waals surface area contributed by atoms with Crippen molar-refractivity contribution in [1.82, 2.24) is 19.4 Å². The third kappa shape index (κ3) is 4.44. The Balaban J connectivity index is 1.46. The molecule has 33 heavy (non-hydrogen) atoms. The van der Waals surface area contributed by atoms with Gasteiger partial charge >= 0.3 is 0 Å². The fourth-order valence-corrected chi connectivity index (χ4v) is 4.95. The van der Waals surface area contributed by atoms with E-state index in [0.717, 1.165) is 46.3 Å². The summed E-state index contributed by atoms with van der Waals surface area (Å²) in [6.07, 6.45) is 8.44. The number of nitrogens with zero attached hydrogens (tertiary/aromatic N) is 4. The fraction of sp³-hybridized carbons (Fsp3) is 0.333. The van der Waals surface area contributed by atoms with E-state index in [9.17, 15) is 0 Å². The highest BCUT2D eigenvalue weighted by Gasteiger charge is 2.26. The number of nitrogens with two attached hydrogens (primary N) is 1. The van der Waals surface area contributed by atoms with Gasteiger partial charge in [0.25, 0.3) is 0 Å². The Labute approximate surface area is 195 Å². The SMILES string of the molecule is CN(C)C1CCC(n2cc(-c3cccc(OCc4ccccc4)c3)c3c(N)ncnc32)CC1. The predicted octanol–water partition coefficient (Wildman–Crippen LogP) is 5.30. The van der Waals surface area contributed by atoms with Gasteiger partial charge < -0.3 is 19.9 Å². The minimum Gasteiger partial charge on any atom is -0.489 e. The van der Waals surface area contributed by atoms with Crippen LogP contribution in [0, 0.1) is 0 Å². The number of benzene rings is 2. The third-order valence-electron chi connectivity index (χ3n) is 6.82. The molecule has 1 aliphatic rings. The van der Waals surface area contributed by atoms with E-state index in [4.69, 9.17) is 10.5 Å². The quantitative estimate of drug-likeness (QED) is 0.439. The van der Waals surface area contributed by atoms with Gasteiger partial charge in [-0.2, -0.15) is 0 Å². The number of hydrogen-bond acceptors (Lipinski definition) is 5. The molecule has 0 unspecified atom stereocenters. The number of nitrogen functional groups attached to an aromatic ring is 1. The van der Waals surface area contributed by atoms with E-state index < -0.39 is 0 Å². The van der Waals surface area contributed by atoms with Gasteiger partial charge in [-0.1, -0.05) is 42.5 Å². The fourth-order valence-electron chi connectivity index (χ4n) is 4.95. The lowest BCUT2D eigenvalue weighted by Crippen LogP contribution is -2.32. The number of anilines is 1. The average molecular weight is 442 g/mol. The topological polar surface area (TPSA) is 69.2 Å². The van der Waals surface area contributed by atoms with Crippen LogP contribution in [-0.4, -0.2) is 39.6 Å². The second kappa shape index (κ2) is 9.24. The Bertz CT molecular complexity index is 1230. The average Bonchev–Trinajstić information content (AvgIpc) is 3.25. The third-order valence-corrected chi connectivity index (χ3v) is 6.82. The van der Waals surface area contributed by atoms with Crippen molar-refractivity contribution in [2.75, 3.05) is 19.8 Å². The van der Waals surface area contributed by atoms with Crippen molar-refractivity contribution in [3.63, 3.8) is 0 Å². The first kappa shape index (κ1) is 21.5. The first-order chi connectivity index (χ1) is 16.1. The second-order valence-electron chi connectivity index (χ2n) is 9.14. The van der Waals surface area contributed by atoms with E-state index in [2.05, 4.69) is 64.0 Å². The molecule has 2 aromatic carbocycles. The molecule has 0 aliphatic heterocycles. The zero-order valence-corrected chi connectivity index (χ0v) is 19.3. The first-order valence-electron chi connectivity index (χ1n) is 11.6. The van der Waals surface area contributed by atoms with Crippen LogP contribution < -0.4 is 10.5 Å². The molecule has 1 fully saturated rings. The van der Waals surface area contributed by atoms with Gasteiger partial charge in [0.2, 0.25) is 0 Å². The molecule has 2 heterocycles. The van der Waals surface area contributed by atoms with Gasteiger partial charge in [0, 0.05) is 23.8 Å². The van der Waals surface area contributed by atoms with Gasteiger partial charge in [0.15, 0.2) is 0 Å². The first-order valence-corrected chi connectivity index (χ1v) is 11.6. The van der Waals surface area contributed by atoms with E-state index in [-0.39, 0.29) is 0 Å². The molecule has 6 nitrogen and oxygen atoms in total. The standard InChI is InChI=1S/C27H31N5O/c1-31(2)21-11-13-22(14-12-21)32-16-24(25-26(28)29-18-30-27(25)32)20-9-6-10-23(15-20)33-17-19-7-4-3-5-8-19/h3-10,15-16,18,21-22H,11-14,17H2,1-2H3,(H2,28,29,30). The lowest BCUT2D eigenvalue weighted by molar-refractivity contribution is 0.197. The maximum Gasteiger partial charge on any atom is 0.146 e. The summed E-state index contributed by atoms with van der Waals surface area (Å²) in [6, 6.07) is 19.5. The van der Waals surface area contributed by atoms with Crippen molar-refractivity contribution in [3.8, 4) is 16.9 Å². The van der Waals surface area contributed by atoms with Gasteiger partial charge in [-0.15, -0.1) is 0 Å². The van der Waals surface area contributed by atoms with E-state index in [0.29, 0.717) is 24.5 Å². The van der Waals surface area contributed by atoms with Crippen LogP contribution in [-0.2, 0) is 6.61 Å².